The van der Waals surface area contributed by atoms with E-state index in [-0.39, 0.29) is 19.5 Å². The molecule has 1 atom stereocenters. The first-order chi connectivity index (χ1) is 8.39. The van der Waals surface area contributed by atoms with Crippen LogP contribution in [0.4, 0.5) is 9.18 Å². The van der Waals surface area contributed by atoms with Gasteiger partial charge in [-0.1, -0.05) is 0 Å². The van der Waals surface area contributed by atoms with Crippen LogP contribution >= 0.6 is 0 Å². The number of carboxylic acids is 1. The summed E-state index contributed by atoms with van der Waals surface area (Å²) in [5, 5.41) is 9.10. The molecule has 1 aliphatic rings. The number of carboxylic acid groups (broad SMARTS) is 1. The lowest BCUT2D eigenvalue weighted by atomic mass is 9.75. The van der Waals surface area contributed by atoms with Crippen LogP contribution in [0.2, 0.25) is 0 Å². The number of amides is 1. The molecule has 1 heterocycles. The van der Waals surface area contributed by atoms with Crippen molar-refractivity contribution in [2.75, 3.05) is 13.1 Å². The number of halogens is 1. The van der Waals surface area contributed by atoms with E-state index in [1.165, 1.54) is 18.7 Å². The Morgan fingerprint density at radius 2 is 1.79 bits per heavy atom. The molecule has 0 saturated carbocycles. The van der Waals surface area contributed by atoms with Gasteiger partial charge in [0.05, 0.1) is 12.0 Å². The van der Waals surface area contributed by atoms with Crippen molar-refractivity contribution in [3.63, 3.8) is 0 Å². The monoisotopic (exact) mass is 275 g/mol. The SMILES string of the molecule is CC(C)(C)OC(=O)N1CCC(F)(C(C)(C)C(=O)O)C1. The second-order valence-electron chi connectivity index (χ2n) is 6.55. The lowest BCUT2D eigenvalue weighted by Gasteiger charge is -2.33. The highest BCUT2D eigenvalue weighted by molar-refractivity contribution is 5.76. The molecule has 0 aromatic heterocycles. The van der Waals surface area contributed by atoms with E-state index < -0.39 is 28.7 Å². The van der Waals surface area contributed by atoms with Crippen molar-refractivity contribution < 1.29 is 23.8 Å². The molecule has 1 amide bonds. The van der Waals surface area contributed by atoms with Crippen molar-refractivity contribution in [2.24, 2.45) is 5.41 Å². The van der Waals surface area contributed by atoms with Crippen LogP contribution in [0.1, 0.15) is 41.0 Å². The van der Waals surface area contributed by atoms with Gasteiger partial charge in [-0.3, -0.25) is 4.79 Å². The molecule has 0 spiro atoms. The number of hydrogen-bond acceptors (Lipinski definition) is 3. The maximum absolute atomic E-state index is 14.8. The molecule has 6 heteroatoms. The number of aliphatic carboxylic acids is 1. The van der Waals surface area contributed by atoms with Crippen LogP contribution in [0.5, 0.6) is 0 Å². The number of rotatable bonds is 2. The van der Waals surface area contributed by atoms with Gasteiger partial charge in [-0.25, -0.2) is 9.18 Å². The molecular weight excluding hydrogens is 253 g/mol. The first kappa shape index (κ1) is 15.7. The van der Waals surface area contributed by atoms with Crippen molar-refractivity contribution in [1.29, 1.82) is 0 Å². The second kappa shape index (κ2) is 4.65. The van der Waals surface area contributed by atoms with Crippen LogP contribution in [0.25, 0.3) is 0 Å². The number of nitrogens with zero attached hydrogens (tertiary/aromatic N) is 1. The minimum absolute atomic E-state index is 0.00550. The average Bonchev–Trinajstić information content (AvgIpc) is 2.59. The molecule has 0 radical (unpaired) electrons. The van der Waals surface area contributed by atoms with Crippen LogP contribution in [-0.2, 0) is 9.53 Å². The van der Waals surface area contributed by atoms with Gasteiger partial charge in [0, 0.05) is 13.0 Å². The maximum Gasteiger partial charge on any atom is 0.410 e. The van der Waals surface area contributed by atoms with Crippen molar-refractivity contribution in [1.82, 2.24) is 4.90 Å². The van der Waals surface area contributed by atoms with E-state index in [0.717, 1.165) is 0 Å². The Bertz CT molecular complexity index is 389. The molecule has 0 aromatic carbocycles. The van der Waals surface area contributed by atoms with Crippen molar-refractivity contribution in [3.05, 3.63) is 0 Å². The molecule has 5 nitrogen and oxygen atoms in total. The summed E-state index contributed by atoms with van der Waals surface area (Å²) < 4.78 is 19.9. The molecule has 1 saturated heterocycles. The summed E-state index contributed by atoms with van der Waals surface area (Å²) in [6, 6.07) is 0. The highest BCUT2D eigenvalue weighted by Gasteiger charge is 2.55. The standard InChI is InChI=1S/C13H22FNO4/c1-11(2,3)19-10(18)15-7-6-13(14,8-15)12(4,5)9(16)17/h6-8H2,1-5H3,(H,16,17). The largest absolute Gasteiger partial charge is 0.481 e. The van der Waals surface area contributed by atoms with Gasteiger partial charge in [0.25, 0.3) is 0 Å². The Balaban J connectivity index is 2.78. The molecule has 1 aliphatic heterocycles. The molecular formula is C13H22FNO4. The van der Waals surface area contributed by atoms with Crippen molar-refractivity contribution in [3.8, 4) is 0 Å². The van der Waals surface area contributed by atoms with E-state index in [2.05, 4.69) is 0 Å². The van der Waals surface area contributed by atoms with Gasteiger partial charge in [-0.05, 0) is 34.6 Å². The normalized spacial score (nSPS) is 24.4. The van der Waals surface area contributed by atoms with E-state index in [0.29, 0.717) is 0 Å². The van der Waals surface area contributed by atoms with Crippen molar-refractivity contribution in [2.45, 2.75) is 52.3 Å². The van der Waals surface area contributed by atoms with E-state index in [1.54, 1.807) is 20.8 Å². The fourth-order valence-corrected chi connectivity index (χ4v) is 1.96. The minimum Gasteiger partial charge on any atom is -0.481 e. The molecule has 1 N–H and O–H groups in total. The highest BCUT2D eigenvalue weighted by Crippen LogP contribution is 2.42. The number of ether oxygens (including phenoxy) is 1. The molecule has 19 heavy (non-hydrogen) atoms. The summed E-state index contributed by atoms with van der Waals surface area (Å²) in [4.78, 5) is 24.2. The van der Waals surface area contributed by atoms with E-state index in [9.17, 15) is 14.0 Å². The fourth-order valence-electron chi connectivity index (χ4n) is 1.96. The summed E-state index contributed by atoms with van der Waals surface area (Å²) in [6.45, 7) is 7.78. The van der Waals surface area contributed by atoms with Crippen LogP contribution in [0.15, 0.2) is 0 Å². The molecule has 0 aromatic rings. The van der Waals surface area contributed by atoms with Crippen LogP contribution in [0, 0.1) is 5.41 Å². The lowest BCUT2D eigenvalue weighted by molar-refractivity contribution is -0.156. The van der Waals surface area contributed by atoms with E-state index >= 15 is 0 Å². The summed E-state index contributed by atoms with van der Waals surface area (Å²) in [5.41, 5.74) is -4.12. The Kier molecular flexibility index (Phi) is 3.85. The van der Waals surface area contributed by atoms with Gasteiger partial charge in [0.15, 0.2) is 0 Å². The summed E-state index contributed by atoms with van der Waals surface area (Å²) in [7, 11) is 0. The first-order valence-corrected chi connectivity index (χ1v) is 6.29. The van der Waals surface area contributed by atoms with Gasteiger partial charge < -0.3 is 14.7 Å². The Labute approximate surface area is 112 Å². The third-order valence-electron chi connectivity index (χ3n) is 3.53. The smallest absolute Gasteiger partial charge is 0.410 e. The zero-order valence-electron chi connectivity index (χ0n) is 12.1. The summed E-state index contributed by atoms with van der Waals surface area (Å²) >= 11 is 0. The van der Waals surface area contributed by atoms with Gasteiger partial charge >= 0.3 is 12.1 Å². The number of likely N-dealkylation sites (tertiary alicyclic amines) is 1. The van der Waals surface area contributed by atoms with E-state index in [4.69, 9.17) is 9.84 Å². The average molecular weight is 275 g/mol. The van der Waals surface area contributed by atoms with E-state index in [1.807, 2.05) is 0 Å². The van der Waals surface area contributed by atoms with Gasteiger partial charge in [-0.15, -0.1) is 0 Å². The molecule has 1 unspecified atom stereocenters. The Morgan fingerprint density at radius 3 is 2.21 bits per heavy atom. The minimum atomic E-state index is -1.93. The Hall–Kier alpha value is -1.33. The van der Waals surface area contributed by atoms with Crippen LogP contribution in [0.3, 0.4) is 0 Å². The van der Waals surface area contributed by atoms with Crippen LogP contribution < -0.4 is 0 Å². The molecule has 0 aliphatic carbocycles. The Morgan fingerprint density at radius 1 is 1.26 bits per heavy atom. The third-order valence-corrected chi connectivity index (χ3v) is 3.53. The van der Waals surface area contributed by atoms with Gasteiger partial charge in [-0.2, -0.15) is 0 Å². The molecule has 110 valence electrons. The zero-order chi connectivity index (χ0) is 15.1. The van der Waals surface area contributed by atoms with Gasteiger partial charge in [0.2, 0.25) is 0 Å². The molecule has 1 fully saturated rings. The quantitative estimate of drug-likeness (QED) is 0.840. The number of carbonyl (C=O) groups excluding carboxylic acids is 1. The zero-order valence-corrected chi connectivity index (χ0v) is 12.1. The highest BCUT2D eigenvalue weighted by atomic mass is 19.1. The summed E-state index contributed by atoms with van der Waals surface area (Å²) in [5.74, 6) is -1.21. The molecule has 0 bridgehead atoms. The maximum atomic E-state index is 14.8. The predicted octanol–water partition coefficient (Wildman–Crippen LogP) is 2.45. The summed E-state index contributed by atoms with van der Waals surface area (Å²) in [6.07, 6.45) is -0.598. The second-order valence-corrected chi connectivity index (χ2v) is 6.55. The lowest BCUT2D eigenvalue weighted by Crippen LogP contribution is -2.49. The number of alkyl halides is 1. The number of hydrogen-bond donors (Lipinski definition) is 1. The predicted molar refractivity (Wildman–Crippen MR) is 67.7 cm³/mol. The molecule has 1 rings (SSSR count). The number of carbonyl (C=O) groups is 2. The van der Waals surface area contributed by atoms with Crippen LogP contribution in [-0.4, -0.2) is 46.4 Å². The van der Waals surface area contributed by atoms with Gasteiger partial charge in [0.1, 0.15) is 11.3 Å². The first-order valence-electron chi connectivity index (χ1n) is 6.29. The van der Waals surface area contributed by atoms with Crippen molar-refractivity contribution >= 4 is 12.1 Å². The third kappa shape index (κ3) is 3.16. The fraction of sp³-hybridized carbons (Fsp3) is 0.846. The topological polar surface area (TPSA) is 66.8 Å².